The van der Waals surface area contributed by atoms with Crippen LogP contribution >= 0.6 is 7.82 Å². The van der Waals surface area contributed by atoms with Crippen LogP contribution in [0.1, 0.15) is 335 Å². The zero-order valence-electron chi connectivity index (χ0n) is 53.8. The Balaban J connectivity index is 4.06. The van der Waals surface area contributed by atoms with E-state index in [9.17, 15) is 19.4 Å². The van der Waals surface area contributed by atoms with Gasteiger partial charge >= 0.3 is 0 Å². The Labute approximate surface area is 498 Å². The first-order valence-electron chi connectivity index (χ1n) is 34.7. The molecule has 0 bridgehead atoms. The zero-order chi connectivity index (χ0) is 58.4. The first-order chi connectivity index (χ1) is 39.0. The number of carbonyl (C=O) groups excluding carboxylic acids is 1. The average molecular weight is 1140 g/mol. The van der Waals surface area contributed by atoms with E-state index in [1.807, 2.05) is 27.2 Å². The van der Waals surface area contributed by atoms with Crippen molar-refractivity contribution >= 4 is 13.7 Å². The van der Waals surface area contributed by atoms with Gasteiger partial charge < -0.3 is 28.8 Å². The minimum Gasteiger partial charge on any atom is -0.756 e. The highest BCUT2D eigenvalue weighted by Gasteiger charge is 2.23. The van der Waals surface area contributed by atoms with Crippen LogP contribution in [0, 0.1) is 0 Å². The molecule has 0 aliphatic rings. The second-order valence-corrected chi connectivity index (χ2v) is 26.3. The number of quaternary nitrogens is 1. The molecule has 8 nitrogen and oxygen atoms in total. The molecule has 0 fully saturated rings. The molecule has 3 unspecified atom stereocenters. The van der Waals surface area contributed by atoms with Crippen molar-refractivity contribution < 1.29 is 32.9 Å². The Morgan fingerprint density at radius 2 is 0.762 bits per heavy atom. The van der Waals surface area contributed by atoms with E-state index < -0.39 is 20.0 Å². The van der Waals surface area contributed by atoms with Gasteiger partial charge in [0, 0.05) is 6.42 Å². The molecule has 0 aliphatic heterocycles. The normalized spacial score (nSPS) is 14.0. The molecule has 0 aliphatic carbocycles. The molecule has 470 valence electrons. The van der Waals surface area contributed by atoms with E-state index in [0.717, 1.165) is 64.2 Å². The summed E-state index contributed by atoms with van der Waals surface area (Å²) in [6.45, 7) is 4.59. The van der Waals surface area contributed by atoms with E-state index in [0.29, 0.717) is 17.4 Å². The van der Waals surface area contributed by atoms with Gasteiger partial charge in [0.15, 0.2) is 0 Å². The number of carbonyl (C=O) groups is 1. The van der Waals surface area contributed by atoms with Gasteiger partial charge in [-0.25, -0.2) is 0 Å². The third-order valence-electron chi connectivity index (χ3n) is 15.7. The van der Waals surface area contributed by atoms with Crippen LogP contribution in [0.4, 0.5) is 0 Å². The van der Waals surface area contributed by atoms with Gasteiger partial charge in [-0.05, 0) is 57.8 Å². The van der Waals surface area contributed by atoms with Crippen molar-refractivity contribution in [3.05, 3.63) is 60.8 Å². The maximum absolute atomic E-state index is 13.0. The fraction of sp³-hybridized carbons (Fsp3) is 0.845. The van der Waals surface area contributed by atoms with Gasteiger partial charge in [-0.2, -0.15) is 0 Å². The van der Waals surface area contributed by atoms with Gasteiger partial charge in [0.05, 0.1) is 39.9 Å². The molecule has 80 heavy (non-hydrogen) atoms. The smallest absolute Gasteiger partial charge is 0.268 e. The highest BCUT2D eigenvalue weighted by atomic mass is 31.2. The zero-order valence-corrected chi connectivity index (χ0v) is 54.7. The Hall–Kier alpha value is -1.80. The molecule has 2 N–H and O–H groups in total. The number of unbranched alkanes of at least 4 members (excludes halogenated alkanes) is 43. The third kappa shape index (κ3) is 63.8. The lowest BCUT2D eigenvalue weighted by Crippen LogP contribution is -2.45. The van der Waals surface area contributed by atoms with E-state index in [2.05, 4.69) is 67.8 Å². The molecule has 0 spiro atoms. The Morgan fingerprint density at radius 1 is 0.450 bits per heavy atom. The van der Waals surface area contributed by atoms with Crippen LogP contribution < -0.4 is 10.2 Å². The predicted molar refractivity (Wildman–Crippen MR) is 348 cm³/mol. The summed E-state index contributed by atoms with van der Waals surface area (Å²) in [6.07, 6.45) is 84.8. The first kappa shape index (κ1) is 78.2. The molecule has 0 saturated heterocycles. The van der Waals surface area contributed by atoms with Gasteiger partial charge in [0.2, 0.25) is 5.91 Å². The Bertz CT molecular complexity index is 1490. The molecule has 0 radical (unpaired) electrons. The lowest BCUT2D eigenvalue weighted by Gasteiger charge is -2.29. The summed E-state index contributed by atoms with van der Waals surface area (Å²) in [5, 5.41) is 14.0. The van der Waals surface area contributed by atoms with Crippen molar-refractivity contribution in [1.29, 1.82) is 0 Å². The molecule has 0 heterocycles. The highest BCUT2D eigenvalue weighted by molar-refractivity contribution is 7.45. The molecule has 0 aromatic rings. The molecule has 0 rings (SSSR count). The van der Waals surface area contributed by atoms with Crippen molar-refractivity contribution in [2.75, 3.05) is 40.9 Å². The van der Waals surface area contributed by atoms with Gasteiger partial charge in [0.1, 0.15) is 13.2 Å². The maximum atomic E-state index is 13.0. The molecule has 0 aromatic heterocycles. The van der Waals surface area contributed by atoms with Crippen LogP contribution in [0.5, 0.6) is 0 Å². The van der Waals surface area contributed by atoms with Gasteiger partial charge in [-0.3, -0.25) is 9.36 Å². The maximum Gasteiger partial charge on any atom is 0.268 e. The summed E-state index contributed by atoms with van der Waals surface area (Å²) in [5.74, 6) is -0.192. The van der Waals surface area contributed by atoms with Crippen molar-refractivity contribution in [3.8, 4) is 0 Å². The monoisotopic (exact) mass is 1140 g/mol. The lowest BCUT2D eigenvalue weighted by molar-refractivity contribution is -0.870. The summed E-state index contributed by atoms with van der Waals surface area (Å²) in [7, 11) is 1.27. The molecule has 0 saturated carbocycles. The van der Waals surface area contributed by atoms with Crippen LogP contribution in [0.3, 0.4) is 0 Å². The van der Waals surface area contributed by atoms with Gasteiger partial charge in [-0.15, -0.1) is 0 Å². The predicted octanol–water partition coefficient (Wildman–Crippen LogP) is 21.4. The summed E-state index contributed by atoms with van der Waals surface area (Å²) in [4.78, 5) is 25.6. The number of nitrogens with zero attached hydrogens (tertiary/aromatic N) is 1. The van der Waals surface area contributed by atoms with E-state index >= 15 is 0 Å². The number of hydrogen-bond donors (Lipinski definition) is 2. The molecule has 0 aromatic carbocycles. The van der Waals surface area contributed by atoms with Crippen molar-refractivity contribution in [2.24, 2.45) is 0 Å². The Morgan fingerprint density at radius 3 is 1.11 bits per heavy atom. The number of phosphoric ester groups is 1. The number of amides is 1. The number of phosphoric acid groups is 1. The highest BCUT2D eigenvalue weighted by Crippen LogP contribution is 2.38. The van der Waals surface area contributed by atoms with Crippen molar-refractivity contribution in [2.45, 2.75) is 347 Å². The van der Waals surface area contributed by atoms with Crippen LogP contribution in [0.2, 0.25) is 0 Å². The van der Waals surface area contributed by atoms with E-state index in [4.69, 9.17) is 9.05 Å². The molecule has 3 atom stereocenters. The third-order valence-corrected chi connectivity index (χ3v) is 16.7. The minimum absolute atomic E-state index is 0.000520. The lowest BCUT2D eigenvalue weighted by atomic mass is 10.0. The molecular formula is C71H135N2O6P. The van der Waals surface area contributed by atoms with Crippen LogP contribution in [-0.4, -0.2) is 68.5 Å². The topological polar surface area (TPSA) is 108 Å². The summed E-state index contributed by atoms with van der Waals surface area (Å²) in [5.41, 5.74) is 0. The van der Waals surface area contributed by atoms with Crippen molar-refractivity contribution in [1.82, 2.24) is 5.32 Å². The largest absolute Gasteiger partial charge is 0.756 e. The summed E-state index contributed by atoms with van der Waals surface area (Å²) < 4.78 is 23.5. The number of allylic oxidation sites excluding steroid dienone is 9. The van der Waals surface area contributed by atoms with Crippen LogP contribution in [-0.2, 0) is 18.4 Å². The number of aliphatic hydroxyl groups excluding tert-OH is 1. The fourth-order valence-electron chi connectivity index (χ4n) is 10.4. The van der Waals surface area contributed by atoms with Gasteiger partial charge in [0.25, 0.3) is 7.82 Å². The van der Waals surface area contributed by atoms with E-state index in [1.165, 1.54) is 250 Å². The second kappa shape index (κ2) is 61.8. The minimum atomic E-state index is -4.60. The Kier molecular flexibility index (Phi) is 60.4. The number of likely N-dealkylation sites (N-methyl/N-ethyl adjacent to an activating group) is 1. The quantitative estimate of drug-likeness (QED) is 0.0272. The first-order valence-corrected chi connectivity index (χ1v) is 36.1. The SMILES string of the molecule is CC/C=C\C/C=C\C/C=C\C/C=C\CCCCCCCCCCCCCCCCCCCCC(=O)NC(COP(=O)([O-])OCC[N+](C)(C)C)C(O)/C=C/CCCCCCCCCCCCCCCCCCCCCCCCCCC. The average Bonchev–Trinajstić information content (AvgIpc) is 3.42. The number of hydrogen-bond acceptors (Lipinski definition) is 6. The molecule has 9 heteroatoms. The summed E-state index contributed by atoms with van der Waals surface area (Å²) in [6, 6.07) is -0.889. The van der Waals surface area contributed by atoms with Crippen LogP contribution in [0.25, 0.3) is 0 Å². The number of nitrogens with one attached hydrogen (secondary N) is 1. The number of rotatable bonds is 64. The van der Waals surface area contributed by atoms with Crippen LogP contribution in [0.15, 0.2) is 60.8 Å². The fourth-order valence-corrected chi connectivity index (χ4v) is 11.1. The number of aliphatic hydroxyl groups is 1. The summed E-state index contributed by atoms with van der Waals surface area (Å²) >= 11 is 0. The van der Waals surface area contributed by atoms with Gasteiger partial charge in [-0.1, -0.05) is 331 Å². The van der Waals surface area contributed by atoms with E-state index in [-0.39, 0.29) is 19.1 Å². The standard InChI is InChI=1S/C71H135N2O6P/c1-6-8-10-12-14-16-18-20-22-24-26-28-30-32-34-35-36-37-39-41-43-45-47-49-51-53-55-57-59-61-63-65-71(75)72-69(68-79-80(76,77)78-67-66-73(3,4)5)70(74)64-62-60-58-56-54-52-50-48-46-44-42-40-38-33-31-29-27-25-23-21-19-17-15-13-11-9-7-2/h8,10,14,16,20,22,26,28,62,64,69-70,74H,6-7,9,11-13,15,17-19,21,23-25,27,29-61,63,65-68H2,1-5H3,(H-,72,75,76,77)/b10-8-,16-14-,22-20-,28-26-,64-62+. The second-order valence-electron chi connectivity index (χ2n) is 24.9. The van der Waals surface area contributed by atoms with E-state index in [1.54, 1.807) is 6.08 Å². The van der Waals surface area contributed by atoms with Crippen molar-refractivity contribution in [3.63, 3.8) is 0 Å². The molecular weight excluding hydrogens is 1010 g/mol. The molecule has 1 amide bonds.